The predicted octanol–water partition coefficient (Wildman–Crippen LogP) is 3.42. The van der Waals surface area contributed by atoms with Crippen LogP contribution in [-0.4, -0.2) is 25.9 Å². The summed E-state index contributed by atoms with van der Waals surface area (Å²) >= 11 is 0. The maximum absolute atomic E-state index is 5.70. The standard InChI is InChI=1S/C16H29NO3/c1-5-6-7-18-8-9-19-12-15-10-16(20-14(15)4)11-17-13(2)3/h10,13,17H,5-9,11-12H2,1-4H3. The molecule has 1 heterocycles. The highest BCUT2D eigenvalue weighted by Gasteiger charge is 2.07. The molecule has 0 unspecified atom stereocenters. The number of unbranched alkanes of at least 4 members (excludes halogenated alkanes) is 1. The van der Waals surface area contributed by atoms with Crippen LogP contribution in [0.3, 0.4) is 0 Å². The van der Waals surface area contributed by atoms with Crippen LogP contribution in [-0.2, 0) is 22.6 Å². The van der Waals surface area contributed by atoms with Gasteiger partial charge in [-0.05, 0) is 19.4 Å². The second-order valence-electron chi connectivity index (χ2n) is 5.35. The van der Waals surface area contributed by atoms with E-state index in [4.69, 9.17) is 13.9 Å². The van der Waals surface area contributed by atoms with E-state index >= 15 is 0 Å². The van der Waals surface area contributed by atoms with Crippen LogP contribution in [0.15, 0.2) is 10.5 Å². The molecule has 0 saturated heterocycles. The van der Waals surface area contributed by atoms with Crippen LogP contribution in [0.4, 0.5) is 0 Å². The first kappa shape index (κ1) is 17.2. The molecule has 0 aromatic carbocycles. The number of hydrogen-bond acceptors (Lipinski definition) is 4. The Kier molecular flexibility index (Phi) is 8.58. The van der Waals surface area contributed by atoms with Crippen molar-refractivity contribution in [1.29, 1.82) is 0 Å². The highest BCUT2D eigenvalue weighted by Crippen LogP contribution is 2.15. The molecule has 0 bridgehead atoms. The van der Waals surface area contributed by atoms with Crippen LogP contribution in [0.1, 0.15) is 50.7 Å². The van der Waals surface area contributed by atoms with Gasteiger partial charge in [0.15, 0.2) is 0 Å². The minimum Gasteiger partial charge on any atom is -0.465 e. The molecular formula is C16H29NO3. The minimum atomic E-state index is 0.459. The Morgan fingerprint density at radius 3 is 2.65 bits per heavy atom. The normalized spacial score (nSPS) is 11.4. The molecule has 0 aliphatic heterocycles. The average molecular weight is 283 g/mol. The van der Waals surface area contributed by atoms with Gasteiger partial charge in [-0.2, -0.15) is 0 Å². The summed E-state index contributed by atoms with van der Waals surface area (Å²) in [6.45, 7) is 11.9. The van der Waals surface area contributed by atoms with Gasteiger partial charge in [-0.25, -0.2) is 0 Å². The fourth-order valence-electron chi connectivity index (χ4n) is 1.77. The van der Waals surface area contributed by atoms with E-state index < -0.39 is 0 Å². The molecule has 0 spiro atoms. The maximum atomic E-state index is 5.70. The zero-order chi connectivity index (χ0) is 14.8. The molecule has 4 nitrogen and oxygen atoms in total. The molecule has 1 aromatic heterocycles. The molecule has 20 heavy (non-hydrogen) atoms. The largest absolute Gasteiger partial charge is 0.465 e. The van der Waals surface area contributed by atoms with Crippen LogP contribution in [0.25, 0.3) is 0 Å². The smallest absolute Gasteiger partial charge is 0.118 e. The molecule has 0 radical (unpaired) electrons. The molecule has 0 aliphatic rings. The van der Waals surface area contributed by atoms with Crippen molar-refractivity contribution < 1.29 is 13.9 Å². The van der Waals surface area contributed by atoms with Gasteiger partial charge in [0.2, 0.25) is 0 Å². The van der Waals surface area contributed by atoms with Gasteiger partial charge in [0, 0.05) is 18.2 Å². The van der Waals surface area contributed by atoms with E-state index in [0.29, 0.717) is 25.9 Å². The highest BCUT2D eigenvalue weighted by molar-refractivity contribution is 5.19. The predicted molar refractivity (Wildman–Crippen MR) is 80.8 cm³/mol. The van der Waals surface area contributed by atoms with Crippen molar-refractivity contribution in [2.75, 3.05) is 19.8 Å². The van der Waals surface area contributed by atoms with Crippen molar-refractivity contribution in [2.45, 2.75) is 59.7 Å². The summed E-state index contributed by atoms with van der Waals surface area (Å²) in [5, 5.41) is 3.34. The van der Waals surface area contributed by atoms with Gasteiger partial charge in [-0.3, -0.25) is 0 Å². The third-order valence-corrected chi connectivity index (χ3v) is 3.03. The minimum absolute atomic E-state index is 0.459. The van der Waals surface area contributed by atoms with Gasteiger partial charge in [0.05, 0.1) is 26.4 Å². The van der Waals surface area contributed by atoms with Crippen molar-refractivity contribution in [3.05, 3.63) is 23.2 Å². The highest BCUT2D eigenvalue weighted by atomic mass is 16.5. The Morgan fingerprint density at radius 1 is 1.20 bits per heavy atom. The first-order valence-electron chi connectivity index (χ1n) is 7.60. The maximum Gasteiger partial charge on any atom is 0.118 e. The van der Waals surface area contributed by atoms with E-state index in [1.165, 1.54) is 6.42 Å². The van der Waals surface area contributed by atoms with Gasteiger partial charge in [0.1, 0.15) is 11.5 Å². The van der Waals surface area contributed by atoms with Crippen molar-refractivity contribution in [3.8, 4) is 0 Å². The lowest BCUT2D eigenvalue weighted by Crippen LogP contribution is -2.21. The van der Waals surface area contributed by atoms with E-state index in [9.17, 15) is 0 Å². The number of aryl methyl sites for hydroxylation is 1. The fourth-order valence-corrected chi connectivity index (χ4v) is 1.77. The molecule has 0 fully saturated rings. The van der Waals surface area contributed by atoms with Crippen molar-refractivity contribution in [3.63, 3.8) is 0 Å². The van der Waals surface area contributed by atoms with E-state index in [0.717, 1.165) is 36.7 Å². The molecule has 116 valence electrons. The lowest BCUT2D eigenvalue weighted by Gasteiger charge is -2.04. The van der Waals surface area contributed by atoms with Gasteiger partial charge in [0.25, 0.3) is 0 Å². The number of furan rings is 1. The Hall–Kier alpha value is -0.840. The third-order valence-electron chi connectivity index (χ3n) is 3.03. The summed E-state index contributed by atoms with van der Waals surface area (Å²) in [7, 11) is 0. The molecule has 0 amide bonds. The first-order chi connectivity index (χ1) is 9.63. The van der Waals surface area contributed by atoms with E-state index in [1.54, 1.807) is 0 Å². The van der Waals surface area contributed by atoms with Crippen molar-refractivity contribution >= 4 is 0 Å². The second-order valence-corrected chi connectivity index (χ2v) is 5.35. The van der Waals surface area contributed by atoms with Crippen molar-refractivity contribution in [2.24, 2.45) is 0 Å². The Morgan fingerprint density at radius 2 is 1.95 bits per heavy atom. The number of ether oxygens (including phenoxy) is 2. The third kappa shape index (κ3) is 7.08. The molecule has 0 saturated carbocycles. The van der Waals surface area contributed by atoms with Gasteiger partial charge in [-0.15, -0.1) is 0 Å². The zero-order valence-electron chi connectivity index (χ0n) is 13.3. The Bertz CT molecular complexity index is 361. The van der Waals surface area contributed by atoms with Crippen molar-refractivity contribution in [1.82, 2.24) is 5.32 Å². The van der Waals surface area contributed by atoms with Gasteiger partial charge < -0.3 is 19.2 Å². The average Bonchev–Trinajstić information content (AvgIpc) is 2.76. The zero-order valence-corrected chi connectivity index (χ0v) is 13.3. The fraction of sp³-hybridized carbons (Fsp3) is 0.750. The lowest BCUT2D eigenvalue weighted by atomic mass is 10.2. The summed E-state index contributed by atoms with van der Waals surface area (Å²) in [6.07, 6.45) is 2.29. The quantitative estimate of drug-likeness (QED) is 0.632. The molecule has 1 N–H and O–H groups in total. The summed E-state index contributed by atoms with van der Waals surface area (Å²) in [5.74, 6) is 1.91. The van der Waals surface area contributed by atoms with Gasteiger partial charge >= 0.3 is 0 Å². The van der Waals surface area contributed by atoms with E-state index in [-0.39, 0.29) is 0 Å². The molecule has 1 aromatic rings. The number of hydrogen-bond donors (Lipinski definition) is 1. The molecule has 0 aliphatic carbocycles. The topological polar surface area (TPSA) is 43.6 Å². The molecule has 0 atom stereocenters. The first-order valence-corrected chi connectivity index (χ1v) is 7.60. The van der Waals surface area contributed by atoms with Crippen LogP contribution in [0.5, 0.6) is 0 Å². The SMILES string of the molecule is CCCCOCCOCc1cc(CNC(C)C)oc1C. The Balaban J connectivity index is 2.19. The van der Waals surface area contributed by atoms with E-state index in [2.05, 4.69) is 32.2 Å². The summed E-state index contributed by atoms with van der Waals surface area (Å²) in [4.78, 5) is 0. The Labute approximate surface area is 122 Å². The summed E-state index contributed by atoms with van der Waals surface area (Å²) in [6, 6.07) is 2.53. The molecule has 1 rings (SSSR count). The number of nitrogens with one attached hydrogen (secondary N) is 1. The van der Waals surface area contributed by atoms with Crippen LogP contribution in [0, 0.1) is 6.92 Å². The van der Waals surface area contributed by atoms with Crippen LogP contribution < -0.4 is 5.32 Å². The molecule has 4 heteroatoms. The second kappa shape index (κ2) is 9.97. The lowest BCUT2D eigenvalue weighted by molar-refractivity contribution is 0.0393. The van der Waals surface area contributed by atoms with Crippen LogP contribution in [0.2, 0.25) is 0 Å². The van der Waals surface area contributed by atoms with Crippen LogP contribution >= 0.6 is 0 Å². The molecular weight excluding hydrogens is 254 g/mol. The summed E-state index contributed by atoms with van der Waals surface area (Å²) < 4.78 is 16.8. The van der Waals surface area contributed by atoms with Gasteiger partial charge in [-0.1, -0.05) is 27.2 Å². The monoisotopic (exact) mass is 283 g/mol. The summed E-state index contributed by atoms with van der Waals surface area (Å²) in [5.41, 5.74) is 1.12. The number of rotatable bonds is 11. The van der Waals surface area contributed by atoms with E-state index in [1.807, 2.05) is 6.92 Å².